The van der Waals surface area contributed by atoms with Crippen LogP contribution >= 0.6 is 0 Å². The third-order valence-electron chi connectivity index (χ3n) is 6.93. The largest absolute Gasteiger partial charge is 0.507 e. The van der Waals surface area contributed by atoms with Crippen LogP contribution in [0.4, 0.5) is 0 Å². The molecule has 1 atom stereocenters. The lowest BCUT2D eigenvalue weighted by atomic mass is 9.90. The van der Waals surface area contributed by atoms with Crippen molar-refractivity contribution < 1.29 is 19.4 Å². The number of carbonyl (C=O) groups is 2. The normalized spacial score (nSPS) is 21.0. The second-order valence-electron chi connectivity index (χ2n) is 8.77. The van der Waals surface area contributed by atoms with Crippen molar-refractivity contribution in [1.29, 1.82) is 0 Å². The Kier molecular flexibility index (Phi) is 5.63. The molecule has 1 amide bonds. The summed E-state index contributed by atoms with van der Waals surface area (Å²) in [6.45, 7) is 0. The average Bonchev–Trinajstić information content (AvgIpc) is 3.13. The highest BCUT2D eigenvalue weighted by atomic mass is 16.5. The summed E-state index contributed by atoms with van der Waals surface area (Å²) in [5.74, 6) is -0.727. The highest BCUT2D eigenvalue weighted by Crippen LogP contribution is 2.46. The lowest BCUT2D eigenvalue weighted by Gasteiger charge is -2.35. The Morgan fingerprint density at radius 1 is 0.909 bits per heavy atom. The molecule has 1 aliphatic heterocycles. The molecule has 1 N–H and O–H groups in total. The first kappa shape index (κ1) is 21.3. The highest BCUT2D eigenvalue weighted by molar-refractivity contribution is 6.46. The van der Waals surface area contributed by atoms with E-state index in [1.165, 1.54) is 0 Å². The maximum absolute atomic E-state index is 13.4. The summed E-state index contributed by atoms with van der Waals surface area (Å²) in [6.07, 6.45) is 4.89. The second-order valence-corrected chi connectivity index (χ2v) is 8.77. The maximum atomic E-state index is 13.4. The molecule has 1 saturated carbocycles. The Hall–Kier alpha value is -3.60. The van der Waals surface area contributed by atoms with Crippen LogP contribution in [0.2, 0.25) is 0 Å². The number of fused-ring (bicyclic) bond motifs is 1. The van der Waals surface area contributed by atoms with E-state index in [1.54, 1.807) is 18.1 Å². The Labute approximate surface area is 193 Å². The summed E-state index contributed by atoms with van der Waals surface area (Å²) < 4.78 is 5.61. The summed E-state index contributed by atoms with van der Waals surface area (Å²) in [4.78, 5) is 28.5. The zero-order valence-corrected chi connectivity index (χ0v) is 18.7. The molecule has 5 rings (SSSR count). The second kappa shape index (κ2) is 8.74. The number of ether oxygens (including phenoxy) is 1. The Morgan fingerprint density at radius 3 is 2.39 bits per heavy atom. The van der Waals surface area contributed by atoms with Gasteiger partial charge in [0.25, 0.3) is 11.7 Å². The molecular formula is C28H27NO4. The van der Waals surface area contributed by atoms with Crippen molar-refractivity contribution >= 4 is 28.2 Å². The molecule has 2 fully saturated rings. The Morgan fingerprint density at radius 2 is 1.61 bits per heavy atom. The predicted molar refractivity (Wildman–Crippen MR) is 128 cm³/mol. The summed E-state index contributed by atoms with van der Waals surface area (Å²) in [7, 11) is 1.58. The van der Waals surface area contributed by atoms with Crippen molar-refractivity contribution in [3.63, 3.8) is 0 Å². The van der Waals surface area contributed by atoms with Crippen molar-refractivity contribution in [3.05, 3.63) is 83.4 Å². The number of hydrogen-bond acceptors (Lipinski definition) is 4. The minimum absolute atomic E-state index is 0.0390. The molecule has 2 aliphatic rings. The van der Waals surface area contributed by atoms with Gasteiger partial charge in [0, 0.05) is 17.2 Å². The smallest absolute Gasteiger partial charge is 0.295 e. The van der Waals surface area contributed by atoms with Gasteiger partial charge in [0.2, 0.25) is 0 Å². The van der Waals surface area contributed by atoms with E-state index in [4.69, 9.17) is 4.74 Å². The fourth-order valence-corrected chi connectivity index (χ4v) is 5.36. The number of nitrogens with zero attached hydrogens (tertiary/aromatic N) is 1. The van der Waals surface area contributed by atoms with Crippen LogP contribution in [0, 0.1) is 0 Å². The van der Waals surface area contributed by atoms with Gasteiger partial charge in [-0.2, -0.15) is 0 Å². The lowest BCUT2D eigenvalue weighted by molar-refractivity contribution is -0.141. The van der Waals surface area contributed by atoms with Crippen molar-refractivity contribution in [1.82, 2.24) is 4.90 Å². The molecule has 168 valence electrons. The van der Waals surface area contributed by atoms with E-state index in [-0.39, 0.29) is 17.4 Å². The van der Waals surface area contributed by atoms with Gasteiger partial charge < -0.3 is 14.7 Å². The van der Waals surface area contributed by atoms with Crippen LogP contribution in [-0.4, -0.2) is 34.8 Å². The fourth-order valence-electron chi connectivity index (χ4n) is 5.36. The van der Waals surface area contributed by atoms with E-state index in [9.17, 15) is 14.7 Å². The van der Waals surface area contributed by atoms with E-state index >= 15 is 0 Å². The van der Waals surface area contributed by atoms with Gasteiger partial charge >= 0.3 is 0 Å². The van der Waals surface area contributed by atoms with Crippen molar-refractivity contribution in [2.45, 2.75) is 44.2 Å². The van der Waals surface area contributed by atoms with E-state index in [2.05, 4.69) is 0 Å². The molecule has 3 aromatic carbocycles. The number of benzene rings is 3. The van der Waals surface area contributed by atoms with Gasteiger partial charge in [-0.3, -0.25) is 9.59 Å². The van der Waals surface area contributed by atoms with Gasteiger partial charge in [-0.15, -0.1) is 0 Å². The molecule has 0 aromatic heterocycles. The number of likely N-dealkylation sites (tertiary alicyclic amines) is 1. The average molecular weight is 442 g/mol. The SMILES string of the molecule is COc1ccccc1C1/C(=C(\O)c2cccc3ccccc23)C(=O)C(=O)N1C1CCCCC1. The van der Waals surface area contributed by atoms with Crippen LogP contribution in [0.5, 0.6) is 5.75 Å². The quantitative estimate of drug-likeness (QED) is 0.325. The topological polar surface area (TPSA) is 66.8 Å². The molecule has 5 heteroatoms. The van der Waals surface area contributed by atoms with Crippen molar-refractivity contribution in [2.75, 3.05) is 7.11 Å². The van der Waals surface area contributed by atoms with Gasteiger partial charge in [0.15, 0.2) is 0 Å². The number of methoxy groups -OCH3 is 1. The van der Waals surface area contributed by atoms with E-state index < -0.39 is 17.7 Å². The third-order valence-corrected chi connectivity index (χ3v) is 6.93. The van der Waals surface area contributed by atoms with E-state index in [0.717, 1.165) is 42.9 Å². The number of hydrogen-bond donors (Lipinski definition) is 1. The minimum atomic E-state index is -0.691. The fraction of sp³-hybridized carbons (Fsp3) is 0.286. The Balaban J connectivity index is 1.75. The van der Waals surface area contributed by atoms with Crippen molar-refractivity contribution in [2.24, 2.45) is 0 Å². The monoisotopic (exact) mass is 441 g/mol. The van der Waals surface area contributed by atoms with Gasteiger partial charge in [-0.1, -0.05) is 79.9 Å². The first-order valence-electron chi connectivity index (χ1n) is 11.5. The summed E-state index contributed by atoms with van der Waals surface area (Å²) in [5, 5.41) is 13.3. The molecule has 3 aromatic rings. The van der Waals surface area contributed by atoms with E-state index in [1.807, 2.05) is 60.7 Å². The highest BCUT2D eigenvalue weighted by Gasteiger charge is 2.49. The maximum Gasteiger partial charge on any atom is 0.295 e. The standard InChI is InChI=1S/C28H27NO4/c1-33-23-17-8-7-15-22(23)25-24(27(31)28(32)29(25)19-12-3-2-4-13-19)26(30)21-16-9-11-18-10-5-6-14-20(18)21/h5-11,14-17,19,25,30H,2-4,12-13H2,1H3/b26-24+. The molecule has 0 bridgehead atoms. The number of amides is 1. The molecule has 5 nitrogen and oxygen atoms in total. The van der Waals surface area contributed by atoms with Crippen LogP contribution in [0.25, 0.3) is 16.5 Å². The summed E-state index contributed by atoms with van der Waals surface area (Å²) in [6, 6.07) is 20.0. The molecule has 1 aliphatic carbocycles. The van der Waals surface area contributed by atoms with Crippen LogP contribution < -0.4 is 4.74 Å². The van der Waals surface area contributed by atoms with Gasteiger partial charge in [-0.05, 0) is 29.7 Å². The zero-order valence-electron chi connectivity index (χ0n) is 18.7. The number of para-hydroxylation sites is 1. The number of Topliss-reactive ketones (excluding diaryl/α,β-unsaturated/α-hetero) is 1. The first-order valence-corrected chi connectivity index (χ1v) is 11.5. The number of carbonyl (C=O) groups excluding carboxylic acids is 2. The molecule has 33 heavy (non-hydrogen) atoms. The number of ketones is 1. The van der Waals surface area contributed by atoms with Gasteiger partial charge in [0.05, 0.1) is 18.7 Å². The van der Waals surface area contributed by atoms with Gasteiger partial charge in [-0.25, -0.2) is 0 Å². The summed E-state index contributed by atoms with van der Waals surface area (Å²) in [5.41, 5.74) is 1.40. The molecule has 1 unspecified atom stereocenters. The molecule has 0 spiro atoms. The van der Waals surface area contributed by atoms with Crippen molar-refractivity contribution in [3.8, 4) is 5.75 Å². The predicted octanol–water partition coefficient (Wildman–Crippen LogP) is 5.60. The molecule has 1 saturated heterocycles. The molecular weight excluding hydrogens is 414 g/mol. The number of aliphatic hydroxyl groups is 1. The van der Waals surface area contributed by atoms with E-state index in [0.29, 0.717) is 16.9 Å². The molecule has 0 radical (unpaired) electrons. The molecule has 1 heterocycles. The van der Waals surface area contributed by atoms with Crippen LogP contribution in [-0.2, 0) is 9.59 Å². The van der Waals surface area contributed by atoms with Crippen LogP contribution in [0.15, 0.2) is 72.3 Å². The first-order chi connectivity index (χ1) is 16.1. The zero-order chi connectivity index (χ0) is 22.9. The number of aliphatic hydroxyl groups excluding tert-OH is 1. The van der Waals surface area contributed by atoms with Crippen LogP contribution in [0.1, 0.15) is 49.3 Å². The lowest BCUT2D eigenvalue weighted by Crippen LogP contribution is -2.40. The summed E-state index contributed by atoms with van der Waals surface area (Å²) >= 11 is 0. The number of rotatable bonds is 4. The minimum Gasteiger partial charge on any atom is -0.507 e. The van der Waals surface area contributed by atoms with Crippen LogP contribution in [0.3, 0.4) is 0 Å². The Bertz CT molecular complexity index is 1250. The van der Waals surface area contributed by atoms with Gasteiger partial charge in [0.1, 0.15) is 11.5 Å². The third kappa shape index (κ3) is 3.58.